The molecule has 1 aliphatic heterocycles. The minimum absolute atomic E-state index is 0.00811. The molecule has 3 N–H and O–H groups in total. The van der Waals surface area contributed by atoms with E-state index in [0.29, 0.717) is 63.2 Å². The van der Waals surface area contributed by atoms with Gasteiger partial charge in [-0.3, -0.25) is 4.99 Å². The number of fused-ring (bicyclic) bond motifs is 5. The smallest absolute Gasteiger partial charge is 0.331 e. The fraction of sp³-hybridized carbons (Fsp3) is 0.688. The van der Waals surface area contributed by atoms with Gasteiger partial charge in [0.15, 0.2) is 0 Å². The number of carbonyl (C=O) groups is 1. The summed E-state index contributed by atoms with van der Waals surface area (Å²) in [6.45, 7) is 2.94. The van der Waals surface area contributed by atoms with E-state index in [2.05, 4.69) is 6.92 Å². The molecule has 8 atom stereocenters. The van der Waals surface area contributed by atoms with Crippen LogP contribution in [0.25, 0.3) is 0 Å². The van der Waals surface area contributed by atoms with Crippen molar-refractivity contribution >= 4 is 12.2 Å². The van der Waals surface area contributed by atoms with E-state index in [0.717, 1.165) is 30.4 Å². The van der Waals surface area contributed by atoms with Crippen LogP contribution in [0.15, 0.2) is 34.8 Å². The van der Waals surface area contributed by atoms with E-state index in [1.54, 1.807) is 20.3 Å². The first-order chi connectivity index (χ1) is 19.1. The highest BCUT2D eigenvalue weighted by Crippen LogP contribution is 2.70. The van der Waals surface area contributed by atoms with Crippen LogP contribution < -0.4 is 9.47 Å². The Morgan fingerprint density at radius 3 is 2.40 bits per heavy atom. The molecule has 0 radical (unpaired) electrons. The Morgan fingerprint density at radius 2 is 1.73 bits per heavy atom. The number of aliphatic imine (C=N–C) groups is 1. The van der Waals surface area contributed by atoms with Gasteiger partial charge < -0.3 is 29.5 Å². The summed E-state index contributed by atoms with van der Waals surface area (Å²) in [5.74, 6) is 1.29. The zero-order chi connectivity index (χ0) is 28.3. The van der Waals surface area contributed by atoms with Gasteiger partial charge in [0, 0.05) is 35.6 Å². The van der Waals surface area contributed by atoms with Crippen LogP contribution in [-0.2, 0) is 16.1 Å². The molecule has 1 aromatic carbocycles. The van der Waals surface area contributed by atoms with E-state index >= 15 is 0 Å². The monoisotopic (exact) mass is 553 g/mol. The van der Waals surface area contributed by atoms with E-state index in [1.807, 2.05) is 24.4 Å². The molecule has 0 aromatic heterocycles. The van der Waals surface area contributed by atoms with E-state index in [9.17, 15) is 20.1 Å². The van der Waals surface area contributed by atoms with Gasteiger partial charge in [-0.25, -0.2) is 4.79 Å². The first-order valence-corrected chi connectivity index (χ1v) is 14.8. The predicted molar refractivity (Wildman–Crippen MR) is 149 cm³/mol. The summed E-state index contributed by atoms with van der Waals surface area (Å²) in [5, 5.41) is 35.4. The SMILES string of the molecule is COc1cc(CN=C[C@]23CC[C@@H](O)C[C@]2(O)CC[C@@H]2[C@@H]3CC[C@]3(C)[C@@H](C4=CC(=O)OC4)CC[C@@]23O)cc(OC)c1. The van der Waals surface area contributed by atoms with Crippen LogP contribution in [0.1, 0.15) is 70.3 Å². The van der Waals surface area contributed by atoms with Gasteiger partial charge in [-0.1, -0.05) is 6.92 Å². The van der Waals surface area contributed by atoms with Gasteiger partial charge in [0.2, 0.25) is 0 Å². The van der Waals surface area contributed by atoms with E-state index in [1.165, 1.54) is 0 Å². The minimum atomic E-state index is -1.07. The van der Waals surface area contributed by atoms with Gasteiger partial charge in [-0.05, 0) is 92.4 Å². The van der Waals surface area contributed by atoms with E-state index < -0.39 is 22.7 Å². The molecule has 0 saturated heterocycles. The Kier molecular flexibility index (Phi) is 6.83. The van der Waals surface area contributed by atoms with Crippen molar-refractivity contribution in [1.82, 2.24) is 0 Å². The van der Waals surface area contributed by atoms with Crippen molar-refractivity contribution in [2.24, 2.45) is 33.6 Å². The van der Waals surface area contributed by atoms with Crippen LogP contribution in [0.4, 0.5) is 0 Å². The number of methoxy groups -OCH3 is 2. The van der Waals surface area contributed by atoms with Gasteiger partial charge in [0.05, 0.1) is 38.1 Å². The minimum Gasteiger partial charge on any atom is -0.497 e. The third kappa shape index (κ3) is 4.04. The van der Waals surface area contributed by atoms with Gasteiger partial charge in [-0.15, -0.1) is 0 Å². The first-order valence-electron chi connectivity index (χ1n) is 14.8. The maximum atomic E-state index is 12.6. The Bertz CT molecular complexity index is 1210. The maximum absolute atomic E-state index is 12.6. The van der Waals surface area contributed by atoms with Crippen molar-refractivity contribution in [2.45, 2.75) is 88.6 Å². The summed E-state index contributed by atoms with van der Waals surface area (Å²) < 4.78 is 16.1. The number of carbonyl (C=O) groups excluding carboxylic acids is 1. The third-order valence-electron chi connectivity index (χ3n) is 11.6. The van der Waals surface area contributed by atoms with Crippen molar-refractivity contribution in [3.05, 3.63) is 35.4 Å². The van der Waals surface area contributed by atoms with Crippen LogP contribution in [-0.4, -0.2) is 65.6 Å². The average Bonchev–Trinajstić information content (AvgIpc) is 3.48. The number of rotatable bonds is 6. The number of aliphatic hydroxyl groups is 3. The summed E-state index contributed by atoms with van der Waals surface area (Å²) in [7, 11) is 3.25. The number of nitrogens with zero attached hydrogens (tertiary/aromatic N) is 1. The molecule has 4 saturated carbocycles. The molecule has 8 nitrogen and oxygen atoms in total. The van der Waals surface area contributed by atoms with Crippen molar-refractivity contribution in [1.29, 1.82) is 0 Å². The Hall–Kier alpha value is -2.42. The molecule has 218 valence electrons. The third-order valence-corrected chi connectivity index (χ3v) is 11.6. The Labute approximate surface area is 236 Å². The fourth-order valence-corrected chi connectivity index (χ4v) is 9.63. The predicted octanol–water partition coefficient (Wildman–Crippen LogP) is 3.99. The molecule has 4 fully saturated rings. The molecule has 0 unspecified atom stereocenters. The lowest BCUT2D eigenvalue weighted by Gasteiger charge is -2.65. The van der Waals surface area contributed by atoms with Crippen molar-refractivity contribution in [3.63, 3.8) is 0 Å². The molecule has 0 spiro atoms. The standard InChI is InChI=1S/C32H43NO7/c1-29-8-5-26-27(32(29,37)11-7-25(29)21-14-28(35)40-18-21)6-10-31(36)16-22(34)4-9-30(26,31)19-33-17-20-12-23(38-2)15-24(13-20)39-3/h12-15,19,22,25-27,34,36-37H,4-11,16-18H2,1-3H3/t22-,25-,26+,27-,29-,30+,31-,32-/m1/s1. The summed E-state index contributed by atoms with van der Waals surface area (Å²) in [4.78, 5) is 16.8. The molecule has 6 rings (SSSR count). The number of ether oxygens (including phenoxy) is 3. The normalized spacial score (nSPS) is 42.5. The molecule has 5 aliphatic rings. The molecule has 4 aliphatic carbocycles. The zero-order valence-electron chi connectivity index (χ0n) is 23.9. The molecule has 1 heterocycles. The van der Waals surface area contributed by atoms with Gasteiger partial charge in [0.1, 0.15) is 18.1 Å². The summed E-state index contributed by atoms with van der Waals surface area (Å²) >= 11 is 0. The summed E-state index contributed by atoms with van der Waals surface area (Å²) in [5.41, 5.74) is -0.986. The highest BCUT2D eigenvalue weighted by Gasteiger charge is 2.71. The van der Waals surface area contributed by atoms with Gasteiger partial charge in [0.25, 0.3) is 0 Å². The van der Waals surface area contributed by atoms with Crippen molar-refractivity contribution < 1.29 is 34.3 Å². The number of aliphatic hydroxyl groups excluding tert-OH is 1. The number of cyclic esters (lactones) is 1. The lowest BCUT2D eigenvalue weighted by Crippen LogP contribution is -2.68. The molecule has 0 bridgehead atoms. The van der Waals surface area contributed by atoms with Crippen LogP contribution in [0.3, 0.4) is 0 Å². The molecular weight excluding hydrogens is 510 g/mol. The molecule has 1 aromatic rings. The van der Waals surface area contributed by atoms with E-state index in [4.69, 9.17) is 19.2 Å². The zero-order valence-corrected chi connectivity index (χ0v) is 23.9. The number of benzene rings is 1. The number of esters is 1. The van der Waals surface area contributed by atoms with Crippen molar-refractivity contribution in [3.8, 4) is 11.5 Å². The highest BCUT2D eigenvalue weighted by atomic mass is 16.5. The number of hydrogen-bond acceptors (Lipinski definition) is 8. The van der Waals surface area contributed by atoms with Crippen LogP contribution >= 0.6 is 0 Å². The molecule has 8 heteroatoms. The van der Waals surface area contributed by atoms with Crippen molar-refractivity contribution in [2.75, 3.05) is 20.8 Å². The second-order valence-corrected chi connectivity index (χ2v) is 13.2. The molecule has 0 amide bonds. The van der Waals surface area contributed by atoms with Gasteiger partial charge >= 0.3 is 5.97 Å². The lowest BCUT2D eigenvalue weighted by molar-refractivity contribution is -0.237. The fourth-order valence-electron chi connectivity index (χ4n) is 9.63. The summed E-state index contributed by atoms with van der Waals surface area (Å²) in [6.07, 6.45) is 9.09. The molecule has 40 heavy (non-hydrogen) atoms. The Balaban J connectivity index is 1.34. The average molecular weight is 554 g/mol. The Morgan fingerprint density at radius 1 is 1.00 bits per heavy atom. The van der Waals surface area contributed by atoms with Crippen LogP contribution in [0.5, 0.6) is 11.5 Å². The van der Waals surface area contributed by atoms with Crippen LogP contribution in [0.2, 0.25) is 0 Å². The molecular formula is C32H43NO7. The maximum Gasteiger partial charge on any atom is 0.331 e. The second-order valence-electron chi connectivity index (χ2n) is 13.2. The first kappa shape index (κ1) is 27.7. The largest absolute Gasteiger partial charge is 0.497 e. The lowest BCUT2D eigenvalue weighted by atomic mass is 9.41. The number of hydrogen-bond donors (Lipinski definition) is 3. The second kappa shape index (κ2) is 9.85. The highest BCUT2D eigenvalue weighted by molar-refractivity contribution is 5.85. The summed E-state index contributed by atoms with van der Waals surface area (Å²) in [6, 6.07) is 5.71. The van der Waals surface area contributed by atoms with Gasteiger partial charge in [-0.2, -0.15) is 0 Å². The topological polar surface area (TPSA) is 118 Å². The van der Waals surface area contributed by atoms with Crippen LogP contribution in [0, 0.1) is 28.6 Å². The quantitative estimate of drug-likeness (QED) is 0.360. The van der Waals surface area contributed by atoms with E-state index in [-0.39, 0.29) is 29.1 Å².